The van der Waals surface area contributed by atoms with E-state index in [0.29, 0.717) is 5.56 Å². The van der Waals surface area contributed by atoms with Crippen LogP contribution in [0.15, 0.2) is 35.3 Å². The van der Waals surface area contributed by atoms with Crippen molar-refractivity contribution < 1.29 is 58.7 Å². The van der Waals surface area contributed by atoms with Crippen molar-refractivity contribution in [3.8, 4) is 0 Å². The fourth-order valence-electron chi connectivity index (χ4n) is 5.98. The molecule has 9 atom stereocenters. The Balaban J connectivity index is 1.84. The SMILES string of the molecule is NC[C@@H]1O[C@@H](C(=O)NCCCC[C@@H]2NC(=O)[C@@H](Cc3ccccc3)NC(=O)[C@@H](CC(=O)O)NC(=O)CNC(=O)[C@H](CCCN=C(N)N)NC2=O)[C@H](O)[C@@H](O)[C@H]1O. The maximum atomic E-state index is 13.9. The van der Waals surface area contributed by atoms with E-state index in [2.05, 4.69) is 36.9 Å². The number of carbonyl (C=O) groups excluding carboxylic acids is 6. The number of unbranched alkanes of at least 4 members (excludes halogenated alkanes) is 1. The van der Waals surface area contributed by atoms with E-state index in [4.69, 9.17) is 21.9 Å². The van der Waals surface area contributed by atoms with Gasteiger partial charge >= 0.3 is 5.97 Å². The number of nitrogens with one attached hydrogen (secondary N) is 6. The summed E-state index contributed by atoms with van der Waals surface area (Å²) in [5, 5.41) is 54.8. The number of rotatable bonds is 15. The molecule has 0 saturated carbocycles. The summed E-state index contributed by atoms with van der Waals surface area (Å²) in [6, 6.07) is 2.94. The molecule has 22 heteroatoms. The molecule has 6 amide bonds. The highest BCUT2D eigenvalue weighted by atomic mass is 16.5. The number of aliphatic carboxylic acids is 1. The first-order valence-corrected chi connectivity index (χ1v) is 18.1. The normalized spacial score (nSPS) is 27.9. The molecule has 0 aliphatic carbocycles. The second kappa shape index (κ2) is 22.2. The van der Waals surface area contributed by atoms with Crippen molar-refractivity contribution in [1.29, 1.82) is 0 Å². The van der Waals surface area contributed by atoms with Crippen LogP contribution in [0.25, 0.3) is 0 Å². The van der Waals surface area contributed by atoms with Crippen molar-refractivity contribution in [2.75, 3.05) is 26.2 Å². The molecule has 16 N–H and O–H groups in total. The van der Waals surface area contributed by atoms with Gasteiger partial charge in [0.1, 0.15) is 42.5 Å². The fraction of sp³-hybridized carbons (Fsp3) is 0.588. The van der Waals surface area contributed by atoms with Crippen LogP contribution in [0.4, 0.5) is 0 Å². The minimum atomic E-state index is -1.73. The van der Waals surface area contributed by atoms with Gasteiger partial charge in [0.05, 0.1) is 19.1 Å². The number of nitrogens with zero attached hydrogens (tertiary/aromatic N) is 1. The smallest absolute Gasteiger partial charge is 0.305 e. The Morgan fingerprint density at radius 3 is 2.04 bits per heavy atom. The number of ether oxygens (including phenoxy) is 1. The molecule has 0 bridgehead atoms. The number of amides is 6. The van der Waals surface area contributed by atoms with Crippen LogP contribution >= 0.6 is 0 Å². The van der Waals surface area contributed by atoms with Crippen LogP contribution in [0, 0.1) is 0 Å². The van der Waals surface area contributed by atoms with Gasteiger partial charge in [0.15, 0.2) is 12.1 Å². The third kappa shape index (κ3) is 14.0. The highest BCUT2D eigenvalue weighted by molar-refractivity contribution is 5.98. The lowest BCUT2D eigenvalue weighted by Gasteiger charge is -2.39. The predicted octanol–water partition coefficient (Wildman–Crippen LogP) is -6.08. The first kappa shape index (κ1) is 45.0. The van der Waals surface area contributed by atoms with Gasteiger partial charge in [-0.25, -0.2) is 0 Å². The molecular weight excluding hydrogens is 740 g/mol. The van der Waals surface area contributed by atoms with E-state index < -0.39 is 109 Å². The summed E-state index contributed by atoms with van der Waals surface area (Å²) in [4.78, 5) is 95.4. The van der Waals surface area contributed by atoms with Crippen LogP contribution in [0.1, 0.15) is 44.1 Å². The molecule has 1 aromatic rings. The molecule has 2 aliphatic rings. The molecule has 3 rings (SSSR count). The monoisotopic (exact) mass is 792 g/mol. The van der Waals surface area contributed by atoms with E-state index in [9.17, 15) is 54.0 Å². The molecule has 310 valence electrons. The quantitative estimate of drug-likeness (QED) is 0.0447. The minimum absolute atomic E-state index is 0.00581. The van der Waals surface area contributed by atoms with Gasteiger partial charge in [0.2, 0.25) is 29.5 Å². The van der Waals surface area contributed by atoms with Crippen LogP contribution < -0.4 is 49.1 Å². The number of benzene rings is 1. The van der Waals surface area contributed by atoms with E-state index in [1.54, 1.807) is 30.3 Å². The van der Waals surface area contributed by atoms with Crippen LogP contribution in [0.2, 0.25) is 0 Å². The van der Waals surface area contributed by atoms with Crippen molar-refractivity contribution in [2.24, 2.45) is 22.2 Å². The first-order chi connectivity index (χ1) is 26.6. The Labute approximate surface area is 321 Å². The fourth-order valence-corrected chi connectivity index (χ4v) is 5.98. The van der Waals surface area contributed by atoms with Crippen LogP contribution in [0.3, 0.4) is 0 Å². The zero-order valence-electron chi connectivity index (χ0n) is 30.6. The molecule has 56 heavy (non-hydrogen) atoms. The second-order valence-corrected chi connectivity index (χ2v) is 13.3. The molecule has 0 spiro atoms. The average Bonchev–Trinajstić information content (AvgIpc) is 3.15. The third-order valence-corrected chi connectivity index (χ3v) is 9.00. The number of hydrogen-bond donors (Lipinski definition) is 13. The van der Waals surface area contributed by atoms with Crippen LogP contribution in [-0.2, 0) is 44.7 Å². The molecule has 22 nitrogen and oxygen atoms in total. The van der Waals surface area contributed by atoms with Crippen molar-refractivity contribution in [3.05, 3.63) is 35.9 Å². The highest BCUT2D eigenvalue weighted by Crippen LogP contribution is 2.21. The summed E-state index contributed by atoms with van der Waals surface area (Å²) in [6.45, 7) is -0.822. The van der Waals surface area contributed by atoms with Crippen LogP contribution in [0.5, 0.6) is 0 Å². The molecule has 0 aromatic heterocycles. The molecule has 2 aliphatic heterocycles. The van der Waals surface area contributed by atoms with Crippen LogP contribution in [-0.4, -0.2) is 149 Å². The first-order valence-electron chi connectivity index (χ1n) is 18.1. The number of carboxylic acids is 1. The molecule has 2 heterocycles. The summed E-state index contributed by atoms with van der Waals surface area (Å²) in [5.74, 6) is -6.75. The van der Waals surface area contributed by atoms with Gasteiger partial charge in [-0.3, -0.25) is 38.6 Å². The zero-order chi connectivity index (χ0) is 41.4. The number of nitrogens with two attached hydrogens (primary N) is 3. The lowest BCUT2D eigenvalue weighted by atomic mass is 9.94. The van der Waals surface area contributed by atoms with Gasteiger partial charge in [0, 0.05) is 26.1 Å². The van der Waals surface area contributed by atoms with Gasteiger partial charge in [-0.2, -0.15) is 0 Å². The maximum absolute atomic E-state index is 13.9. The van der Waals surface area contributed by atoms with E-state index in [1.165, 1.54) is 0 Å². The van der Waals surface area contributed by atoms with Crippen molar-refractivity contribution >= 4 is 47.4 Å². The summed E-state index contributed by atoms with van der Waals surface area (Å²) in [5.41, 5.74) is 16.9. The predicted molar refractivity (Wildman–Crippen MR) is 196 cm³/mol. The summed E-state index contributed by atoms with van der Waals surface area (Å²) in [6.07, 6.45) is -7.92. The molecule has 1 aromatic carbocycles. The molecule has 2 saturated heterocycles. The lowest BCUT2D eigenvalue weighted by molar-refractivity contribution is -0.217. The summed E-state index contributed by atoms with van der Waals surface area (Å²) < 4.78 is 5.39. The van der Waals surface area contributed by atoms with Crippen molar-refractivity contribution in [3.63, 3.8) is 0 Å². The number of carbonyl (C=O) groups is 7. The van der Waals surface area contributed by atoms with Gasteiger partial charge in [0.25, 0.3) is 5.91 Å². The molecule has 0 radical (unpaired) electrons. The summed E-state index contributed by atoms with van der Waals surface area (Å²) in [7, 11) is 0. The Kier molecular flexibility index (Phi) is 17.8. The number of guanidine groups is 1. The number of aliphatic hydroxyl groups excluding tert-OH is 3. The molecule has 2 fully saturated rings. The Morgan fingerprint density at radius 1 is 0.786 bits per heavy atom. The highest BCUT2D eigenvalue weighted by Gasteiger charge is 2.46. The Morgan fingerprint density at radius 2 is 1.39 bits per heavy atom. The molecule has 0 unspecified atom stereocenters. The van der Waals surface area contributed by atoms with Gasteiger partial charge in [-0.05, 0) is 37.7 Å². The summed E-state index contributed by atoms with van der Waals surface area (Å²) >= 11 is 0. The Bertz CT molecular complexity index is 1560. The standard InChI is InChI=1S/C34H52N10O12/c35-15-22-25(48)26(49)27(50)28(56-22)33(55)38-11-5-4-9-19-30(52)42-18(10-6-12-39-34(36)37)29(51)40-16-23(45)41-21(14-24(46)47)32(54)44-20(31(53)43-19)13-17-7-2-1-3-8-17/h1-3,7-8,18-22,25-28,48-50H,4-6,9-16,35H2,(H,38,55)(H,40,51)(H,41,45)(H,42,52)(H,43,53)(H,44,54)(H,46,47)(H4,36,37,39)/t18-,19-,20+,21+,22-,25-,26-,27+,28+/m0/s1. The minimum Gasteiger partial charge on any atom is -0.481 e. The topological polar surface area (TPSA) is 372 Å². The number of aliphatic hydroxyl groups is 3. The average molecular weight is 793 g/mol. The van der Waals surface area contributed by atoms with Crippen molar-refractivity contribution in [1.82, 2.24) is 31.9 Å². The number of aliphatic imine (C=N–C) groups is 1. The van der Waals surface area contributed by atoms with Gasteiger partial charge in [-0.1, -0.05) is 30.3 Å². The zero-order valence-corrected chi connectivity index (χ0v) is 30.6. The van der Waals surface area contributed by atoms with Gasteiger partial charge < -0.3 is 74.3 Å². The number of carboxylic acid groups (broad SMARTS) is 1. The van der Waals surface area contributed by atoms with E-state index in [-0.39, 0.29) is 64.1 Å². The Hall–Kier alpha value is -5.42. The molecular formula is C34H52N10O12. The van der Waals surface area contributed by atoms with E-state index in [0.717, 1.165) is 0 Å². The largest absolute Gasteiger partial charge is 0.481 e. The lowest BCUT2D eigenvalue weighted by Crippen LogP contribution is -2.62. The van der Waals surface area contributed by atoms with E-state index in [1.807, 2.05) is 0 Å². The van der Waals surface area contributed by atoms with Gasteiger partial charge in [-0.15, -0.1) is 0 Å². The third-order valence-electron chi connectivity index (χ3n) is 9.00. The number of hydrogen-bond acceptors (Lipinski definition) is 13. The maximum Gasteiger partial charge on any atom is 0.305 e. The van der Waals surface area contributed by atoms with E-state index >= 15 is 0 Å². The second-order valence-electron chi connectivity index (χ2n) is 13.3. The van der Waals surface area contributed by atoms with Crippen molar-refractivity contribution in [2.45, 2.75) is 99.6 Å².